The van der Waals surface area contributed by atoms with Crippen molar-refractivity contribution in [3.8, 4) is 5.75 Å². The van der Waals surface area contributed by atoms with Gasteiger partial charge in [0.2, 0.25) is 0 Å². The van der Waals surface area contributed by atoms with Crippen LogP contribution in [-0.2, 0) is 6.54 Å². The molecule has 0 amide bonds. The molecule has 1 aromatic carbocycles. The second kappa shape index (κ2) is 6.81. The zero-order chi connectivity index (χ0) is 12.8. The molecular weight excluding hydrogens is 310 g/mol. The summed E-state index contributed by atoms with van der Waals surface area (Å²) in [4.78, 5) is 0. The van der Waals surface area contributed by atoms with Crippen molar-refractivity contribution in [1.29, 1.82) is 0 Å². The average Bonchev–Trinajstić information content (AvgIpc) is 2.80. The highest BCUT2D eigenvalue weighted by molar-refractivity contribution is 9.11. The van der Waals surface area contributed by atoms with Crippen molar-refractivity contribution in [1.82, 2.24) is 0 Å². The molecular formula is C14H16BrNOS. The zero-order valence-electron chi connectivity index (χ0n) is 10.3. The number of nitrogens with one attached hydrogen (secondary N) is 1. The monoisotopic (exact) mass is 325 g/mol. The Bertz CT molecular complexity index is 498. The zero-order valence-corrected chi connectivity index (χ0v) is 12.7. The Morgan fingerprint density at radius 3 is 2.94 bits per heavy atom. The maximum Gasteiger partial charge on any atom is 0.121 e. The molecule has 0 aliphatic carbocycles. The summed E-state index contributed by atoms with van der Waals surface area (Å²) in [5.74, 6) is 0.924. The highest BCUT2D eigenvalue weighted by atomic mass is 79.9. The first-order chi connectivity index (χ1) is 8.78. The third-order valence-corrected chi connectivity index (χ3v) is 3.98. The van der Waals surface area contributed by atoms with Crippen LogP contribution in [0.2, 0.25) is 0 Å². The molecule has 0 fully saturated rings. The summed E-state index contributed by atoms with van der Waals surface area (Å²) >= 11 is 5.17. The van der Waals surface area contributed by atoms with Crippen LogP contribution < -0.4 is 10.1 Å². The SMILES string of the molecule is CCCOc1cccc(NCc2csc(Br)c2)c1. The average molecular weight is 326 g/mol. The van der Waals surface area contributed by atoms with Gasteiger partial charge in [0.25, 0.3) is 0 Å². The molecule has 0 spiro atoms. The number of anilines is 1. The second-order valence-corrected chi connectivity index (χ2v) is 6.28. The Labute approximate surface area is 120 Å². The quantitative estimate of drug-likeness (QED) is 0.814. The van der Waals surface area contributed by atoms with Crippen molar-refractivity contribution in [2.24, 2.45) is 0 Å². The molecule has 2 aromatic rings. The number of rotatable bonds is 6. The standard InChI is InChI=1S/C14H16BrNOS/c1-2-6-17-13-5-3-4-12(8-13)16-9-11-7-14(15)18-10-11/h3-5,7-8,10,16H,2,6,9H2,1H3. The highest BCUT2D eigenvalue weighted by Gasteiger charge is 1.99. The summed E-state index contributed by atoms with van der Waals surface area (Å²) in [7, 11) is 0. The maximum absolute atomic E-state index is 5.61. The fourth-order valence-electron chi connectivity index (χ4n) is 1.56. The first kappa shape index (κ1) is 13.4. The van der Waals surface area contributed by atoms with E-state index in [9.17, 15) is 0 Å². The largest absolute Gasteiger partial charge is 0.494 e. The van der Waals surface area contributed by atoms with Gasteiger partial charge in [0.05, 0.1) is 10.4 Å². The van der Waals surface area contributed by atoms with Crippen molar-refractivity contribution < 1.29 is 4.74 Å². The van der Waals surface area contributed by atoms with E-state index in [0.717, 1.165) is 31.0 Å². The number of thiophene rings is 1. The van der Waals surface area contributed by atoms with E-state index in [2.05, 4.69) is 45.7 Å². The van der Waals surface area contributed by atoms with Crippen molar-refractivity contribution in [3.05, 3.63) is 45.1 Å². The van der Waals surface area contributed by atoms with E-state index in [1.807, 2.05) is 18.2 Å². The van der Waals surface area contributed by atoms with E-state index in [1.165, 1.54) is 9.35 Å². The van der Waals surface area contributed by atoms with Crippen molar-refractivity contribution >= 4 is 33.0 Å². The molecule has 2 nitrogen and oxygen atoms in total. The van der Waals surface area contributed by atoms with Crippen LogP contribution in [0.3, 0.4) is 0 Å². The van der Waals surface area contributed by atoms with Crippen LogP contribution in [0.15, 0.2) is 39.5 Å². The van der Waals surface area contributed by atoms with Crippen LogP contribution in [0.4, 0.5) is 5.69 Å². The van der Waals surface area contributed by atoms with Crippen molar-refractivity contribution in [2.75, 3.05) is 11.9 Å². The first-order valence-corrected chi connectivity index (χ1v) is 7.65. The van der Waals surface area contributed by atoms with Gasteiger partial charge in [-0.2, -0.15) is 0 Å². The number of ether oxygens (including phenoxy) is 1. The van der Waals surface area contributed by atoms with E-state index >= 15 is 0 Å². The first-order valence-electron chi connectivity index (χ1n) is 5.97. The molecule has 0 aliphatic rings. The molecule has 0 bridgehead atoms. The van der Waals surface area contributed by atoms with Crippen LogP contribution >= 0.6 is 27.3 Å². The van der Waals surface area contributed by atoms with Gasteiger partial charge in [0.15, 0.2) is 0 Å². The van der Waals surface area contributed by atoms with E-state index in [-0.39, 0.29) is 0 Å². The van der Waals surface area contributed by atoms with Gasteiger partial charge >= 0.3 is 0 Å². The Morgan fingerprint density at radius 1 is 1.33 bits per heavy atom. The molecule has 1 aromatic heterocycles. The summed E-state index contributed by atoms with van der Waals surface area (Å²) in [5, 5.41) is 5.54. The van der Waals surface area contributed by atoms with Crippen LogP contribution in [0.5, 0.6) is 5.75 Å². The molecule has 0 aliphatic heterocycles. The predicted octanol–water partition coefficient (Wildman–Crippen LogP) is 4.91. The van der Waals surface area contributed by atoms with Gasteiger partial charge < -0.3 is 10.1 Å². The Kier molecular flexibility index (Phi) is 5.08. The van der Waals surface area contributed by atoms with Crippen LogP contribution in [0.25, 0.3) is 0 Å². The number of halogens is 1. The molecule has 0 radical (unpaired) electrons. The molecule has 1 heterocycles. The lowest BCUT2D eigenvalue weighted by atomic mass is 10.2. The summed E-state index contributed by atoms with van der Waals surface area (Å²) < 4.78 is 6.77. The molecule has 1 N–H and O–H groups in total. The summed E-state index contributed by atoms with van der Waals surface area (Å²) in [6.07, 6.45) is 1.03. The molecule has 4 heteroatoms. The minimum atomic E-state index is 0.765. The van der Waals surface area contributed by atoms with Gasteiger partial charge in [0, 0.05) is 18.3 Å². The third-order valence-electron chi connectivity index (χ3n) is 2.43. The molecule has 0 atom stereocenters. The number of hydrogen-bond acceptors (Lipinski definition) is 3. The molecule has 0 saturated carbocycles. The van der Waals surface area contributed by atoms with Crippen LogP contribution in [-0.4, -0.2) is 6.61 Å². The van der Waals surface area contributed by atoms with Gasteiger partial charge in [-0.1, -0.05) is 13.0 Å². The van der Waals surface area contributed by atoms with E-state index in [1.54, 1.807) is 11.3 Å². The molecule has 0 saturated heterocycles. The molecule has 96 valence electrons. The second-order valence-electron chi connectivity index (χ2n) is 3.99. The highest BCUT2D eigenvalue weighted by Crippen LogP contribution is 2.22. The Morgan fingerprint density at radius 2 is 2.22 bits per heavy atom. The van der Waals surface area contributed by atoms with E-state index in [4.69, 9.17) is 4.74 Å². The Balaban J connectivity index is 1.92. The van der Waals surface area contributed by atoms with Crippen molar-refractivity contribution in [2.45, 2.75) is 19.9 Å². The fraction of sp³-hybridized carbons (Fsp3) is 0.286. The minimum Gasteiger partial charge on any atom is -0.494 e. The van der Waals surface area contributed by atoms with Gasteiger partial charge in [-0.05, 0) is 51.5 Å². The maximum atomic E-state index is 5.61. The minimum absolute atomic E-state index is 0.765. The normalized spacial score (nSPS) is 10.3. The predicted molar refractivity (Wildman–Crippen MR) is 81.6 cm³/mol. The molecule has 0 unspecified atom stereocenters. The van der Waals surface area contributed by atoms with Crippen LogP contribution in [0, 0.1) is 0 Å². The van der Waals surface area contributed by atoms with Gasteiger partial charge in [-0.15, -0.1) is 11.3 Å². The summed E-state index contributed by atoms with van der Waals surface area (Å²) in [6, 6.07) is 10.2. The van der Waals surface area contributed by atoms with E-state index < -0.39 is 0 Å². The van der Waals surface area contributed by atoms with Crippen LogP contribution in [0.1, 0.15) is 18.9 Å². The lowest BCUT2D eigenvalue weighted by Crippen LogP contribution is -1.99. The lowest BCUT2D eigenvalue weighted by Gasteiger charge is -2.08. The fourth-order valence-corrected chi connectivity index (χ4v) is 2.77. The number of hydrogen-bond donors (Lipinski definition) is 1. The Hall–Kier alpha value is -1.00. The molecule has 18 heavy (non-hydrogen) atoms. The smallest absolute Gasteiger partial charge is 0.121 e. The van der Waals surface area contributed by atoms with E-state index in [0.29, 0.717) is 0 Å². The summed E-state index contributed by atoms with van der Waals surface area (Å²) in [6.45, 7) is 3.71. The van der Waals surface area contributed by atoms with Gasteiger partial charge in [-0.25, -0.2) is 0 Å². The van der Waals surface area contributed by atoms with Crippen molar-refractivity contribution in [3.63, 3.8) is 0 Å². The third kappa shape index (κ3) is 4.03. The number of benzene rings is 1. The van der Waals surface area contributed by atoms with Gasteiger partial charge in [-0.3, -0.25) is 0 Å². The molecule has 2 rings (SSSR count). The van der Waals surface area contributed by atoms with Gasteiger partial charge in [0.1, 0.15) is 5.75 Å². The summed E-state index contributed by atoms with van der Waals surface area (Å²) in [5.41, 5.74) is 2.37. The lowest BCUT2D eigenvalue weighted by molar-refractivity contribution is 0.317. The topological polar surface area (TPSA) is 21.3 Å².